The third-order valence-corrected chi connectivity index (χ3v) is 3.41. The van der Waals surface area contributed by atoms with Crippen molar-refractivity contribution in [3.05, 3.63) is 11.1 Å². The lowest BCUT2D eigenvalue weighted by Gasteiger charge is -2.07. The summed E-state index contributed by atoms with van der Waals surface area (Å²) in [5, 5.41) is 21.8. The molecule has 1 amide bonds. The summed E-state index contributed by atoms with van der Waals surface area (Å²) in [4.78, 5) is 15.4. The molecule has 1 atom stereocenters. The van der Waals surface area contributed by atoms with Gasteiger partial charge in [0.1, 0.15) is 0 Å². The molecule has 10 heteroatoms. The molecule has 1 aromatic heterocycles. The zero-order valence-corrected chi connectivity index (χ0v) is 11.8. The maximum absolute atomic E-state index is 11.4. The number of sulfonamides is 1. The third-order valence-electron chi connectivity index (χ3n) is 1.91. The number of nitrogens with one attached hydrogen (secondary N) is 2. The quantitative estimate of drug-likeness (QED) is 0.486. The average Bonchev–Trinajstić information content (AvgIpc) is 2.70. The van der Waals surface area contributed by atoms with Crippen LogP contribution in [0.5, 0.6) is 0 Å². The molecule has 0 bridgehead atoms. The number of rotatable bonds is 7. The monoisotopic (exact) mass is 309 g/mol. The van der Waals surface area contributed by atoms with E-state index in [1.54, 1.807) is 5.38 Å². The lowest BCUT2D eigenvalue weighted by Crippen LogP contribution is -2.34. The molecule has 1 aromatic rings. The minimum Gasteiger partial charge on any atom is -0.394 e. The predicted molar refractivity (Wildman–Crippen MR) is 70.4 cm³/mol. The Morgan fingerprint density at radius 3 is 2.84 bits per heavy atom. The maximum atomic E-state index is 11.4. The summed E-state index contributed by atoms with van der Waals surface area (Å²) in [6.45, 7) is -0.479. The molecule has 0 aliphatic carbocycles. The first-order valence-corrected chi connectivity index (χ1v) is 8.05. The first kappa shape index (κ1) is 15.8. The number of hydrogen-bond acceptors (Lipinski definition) is 7. The Morgan fingerprint density at radius 1 is 1.58 bits per heavy atom. The van der Waals surface area contributed by atoms with Crippen molar-refractivity contribution in [1.82, 2.24) is 10.3 Å². The highest BCUT2D eigenvalue weighted by atomic mass is 32.2. The van der Waals surface area contributed by atoms with E-state index in [9.17, 15) is 13.2 Å². The average molecular weight is 309 g/mol. The molecule has 0 spiro atoms. The first-order valence-electron chi connectivity index (χ1n) is 5.28. The van der Waals surface area contributed by atoms with Gasteiger partial charge in [-0.05, 0) is 0 Å². The predicted octanol–water partition coefficient (Wildman–Crippen LogP) is -1.47. The number of aliphatic hydroxyl groups is 2. The van der Waals surface area contributed by atoms with Crippen molar-refractivity contribution >= 4 is 32.4 Å². The number of hydrogen-bond donors (Lipinski definition) is 4. The molecule has 0 saturated carbocycles. The van der Waals surface area contributed by atoms with Gasteiger partial charge in [-0.3, -0.25) is 9.52 Å². The van der Waals surface area contributed by atoms with Gasteiger partial charge in [0, 0.05) is 11.9 Å². The van der Waals surface area contributed by atoms with Crippen LogP contribution in [0, 0.1) is 0 Å². The summed E-state index contributed by atoms with van der Waals surface area (Å²) in [6.07, 6.45) is -0.0150. The van der Waals surface area contributed by atoms with Gasteiger partial charge in [-0.2, -0.15) is 0 Å². The topological polar surface area (TPSA) is 129 Å². The second-order valence-corrected chi connectivity index (χ2v) is 6.44. The Morgan fingerprint density at radius 2 is 2.26 bits per heavy atom. The van der Waals surface area contributed by atoms with Crippen molar-refractivity contribution in [1.29, 1.82) is 0 Å². The third kappa shape index (κ3) is 6.47. The van der Waals surface area contributed by atoms with Crippen molar-refractivity contribution in [2.75, 3.05) is 24.1 Å². The molecular weight excluding hydrogens is 294 g/mol. The second kappa shape index (κ2) is 6.80. The fraction of sp³-hybridized carbons (Fsp3) is 0.556. The maximum Gasteiger partial charge on any atom is 0.231 e. The lowest BCUT2D eigenvalue weighted by molar-refractivity contribution is -0.121. The summed E-state index contributed by atoms with van der Waals surface area (Å²) in [6, 6.07) is 0. The van der Waals surface area contributed by atoms with E-state index >= 15 is 0 Å². The number of carbonyl (C=O) groups excluding carboxylic acids is 1. The summed E-state index contributed by atoms with van der Waals surface area (Å²) >= 11 is 1.08. The van der Waals surface area contributed by atoms with Crippen molar-refractivity contribution in [3.63, 3.8) is 0 Å². The summed E-state index contributed by atoms with van der Waals surface area (Å²) < 4.78 is 24.1. The highest BCUT2D eigenvalue weighted by molar-refractivity contribution is 7.92. The normalized spacial score (nSPS) is 13.0. The Bertz CT molecular complexity index is 528. The van der Waals surface area contributed by atoms with Crippen molar-refractivity contribution in [2.45, 2.75) is 12.5 Å². The molecule has 0 fully saturated rings. The second-order valence-electron chi connectivity index (χ2n) is 3.84. The summed E-state index contributed by atoms with van der Waals surface area (Å²) in [5.41, 5.74) is 0.423. The van der Waals surface area contributed by atoms with Crippen molar-refractivity contribution < 1.29 is 23.4 Å². The number of nitrogens with zero attached hydrogens (tertiary/aromatic N) is 1. The van der Waals surface area contributed by atoms with Gasteiger partial charge in [-0.1, -0.05) is 0 Å². The van der Waals surface area contributed by atoms with Gasteiger partial charge >= 0.3 is 0 Å². The number of carbonyl (C=O) groups is 1. The van der Waals surface area contributed by atoms with E-state index < -0.39 is 22.7 Å². The SMILES string of the molecule is CS(=O)(=O)Nc1nc(CC(=O)NCC(O)CO)cs1. The van der Waals surface area contributed by atoms with Gasteiger partial charge in [0.2, 0.25) is 15.9 Å². The first-order chi connectivity index (χ1) is 8.80. The highest BCUT2D eigenvalue weighted by Gasteiger charge is 2.11. The minimum absolute atomic E-state index is 0.0277. The molecule has 0 radical (unpaired) electrons. The van der Waals surface area contributed by atoms with E-state index in [0.717, 1.165) is 17.6 Å². The van der Waals surface area contributed by atoms with Crippen LogP contribution in [-0.4, -0.2) is 55.0 Å². The number of thiazole rings is 1. The zero-order chi connectivity index (χ0) is 14.5. The molecule has 1 unspecified atom stereocenters. The van der Waals surface area contributed by atoms with Crippen LogP contribution in [0.3, 0.4) is 0 Å². The van der Waals surface area contributed by atoms with Crippen LogP contribution in [-0.2, 0) is 21.2 Å². The van der Waals surface area contributed by atoms with E-state index in [1.807, 2.05) is 0 Å². The van der Waals surface area contributed by atoms with Crippen LogP contribution in [0.15, 0.2) is 5.38 Å². The van der Waals surface area contributed by atoms with Crippen LogP contribution in [0.2, 0.25) is 0 Å². The van der Waals surface area contributed by atoms with Crippen LogP contribution >= 0.6 is 11.3 Å². The standard InChI is InChI=1S/C9H15N3O5S2/c1-19(16,17)12-9-11-6(5-18-9)2-8(15)10-3-7(14)4-13/h5,7,13-14H,2-4H2,1H3,(H,10,15)(H,11,12). The van der Waals surface area contributed by atoms with E-state index in [-0.39, 0.29) is 24.0 Å². The minimum atomic E-state index is -3.38. The Kier molecular flexibility index (Phi) is 5.66. The van der Waals surface area contributed by atoms with Crippen LogP contribution in [0.25, 0.3) is 0 Å². The number of aromatic nitrogens is 1. The van der Waals surface area contributed by atoms with Gasteiger partial charge in [0.05, 0.1) is 31.1 Å². The van der Waals surface area contributed by atoms with E-state index in [2.05, 4.69) is 15.0 Å². The fourth-order valence-electron chi connectivity index (χ4n) is 1.12. The van der Waals surface area contributed by atoms with E-state index in [4.69, 9.17) is 10.2 Å². The molecule has 1 rings (SSSR count). The van der Waals surface area contributed by atoms with Crippen LogP contribution < -0.4 is 10.0 Å². The number of aliphatic hydroxyl groups excluding tert-OH is 2. The van der Waals surface area contributed by atoms with Gasteiger partial charge in [-0.15, -0.1) is 11.3 Å². The molecule has 1 heterocycles. The molecule has 0 saturated heterocycles. The zero-order valence-electron chi connectivity index (χ0n) is 10.2. The highest BCUT2D eigenvalue weighted by Crippen LogP contribution is 2.16. The Balaban J connectivity index is 2.47. The summed E-state index contributed by atoms with van der Waals surface area (Å²) in [7, 11) is -3.38. The molecule has 0 aliphatic heterocycles. The fourth-order valence-corrected chi connectivity index (χ4v) is 2.68. The molecule has 108 valence electrons. The van der Waals surface area contributed by atoms with Crippen molar-refractivity contribution in [3.8, 4) is 0 Å². The van der Waals surface area contributed by atoms with E-state index in [0.29, 0.717) is 5.69 Å². The Hall–Kier alpha value is -1.23. The van der Waals surface area contributed by atoms with Crippen molar-refractivity contribution in [2.24, 2.45) is 0 Å². The molecule has 4 N–H and O–H groups in total. The molecule has 8 nitrogen and oxygen atoms in total. The number of anilines is 1. The lowest BCUT2D eigenvalue weighted by atomic mass is 10.3. The van der Waals surface area contributed by atoms with E-state index in [1.165, 1.54) is 0 Å². The van der Waals surface area contributed by atoms with Gasteiger partial charge < -0.3 is 15.5 Å². The molecule has 19 heavy (non-hydrogen) atoms. The van der Waals surface area contributed by atoms with Crippen LogP contribution in [0.4, 0.5) is 5.13 Å². The van der Waals surface area contributed by atoms with Crippen LogP contribution in [0.1, 0.15) is 5.69 Å². The molecule has 0 aromatic carbocycles. The largest absolute Gasteiger partial charge is 0.394 e. The molecule has 0 aliphatic rings. The van der Waals surface area contributed by atoms with Gasteiger partial charge in [0.25, 0.3) is 0 Å². The van der Waals surface area contributed by atoms with Gasteiger partial charge in [-0.25, -0.2) is 13.4 Å². The molecular formula is C9H15N3O5S2. The Labute approximate surface area is 114 Å². The smallest absolute Gasteiger partial charge is 0.231 e. The van der Waals surface area contributed by atoms with Gasteiger partial charge in [0.15, 0.2) is 5.13 Å². The number of amides is 1. The summed E-state index contributed by atoms with van der Waals surface area (Å²) in [5.74, 6) is -0.372.